The predicted octanol–water partition coefficient (Wildman–Crippen LogP) is 1.55. The van der Waals surface area contributed by atoms with Crippen molar-refractivity contribution in [2.75, 3.05) is 0 Å². The summed E-state index contributed by atoms with van der Waals surface area (Å²) in [5.74, 6) is -0.650. The Kier molecular flexibility index (Phi) is 0.799. The van der Waals surface area contributed by atoms with Crippen molar-refractivity contribution in [3.63, 3.8) is 0 Å². The van der Waals surface area contributed by atoms with Crippen LogP contribution in [0.3, 0.4) is 0 Å². The molecule has 1 saturated heterocycles. The number of alkyl halides is 2. The van der Waals surface area contributed by atoms with Gasteiger partial charge in [0.1, 0.15) is 0 Å². The van der Waals surface area contributed by atoms with Crippen LogP contribution in [0.25, 0.3) is 0 Å². The van der Waals surface area contributed by atoms with Gasteiger partial charge in [-0.25, -0.2) is 0 Å². The van der Waals surface area contributed by atoms with Crippen molar-refractivity contribution in [2.45, 2.75) is 18.6 Å². The first-order valence-corrected chi connectivity index (χ1v) is 2.92. The van der Waals surface area contributed by atoms with Gasteiger partial charge in [0.25, 0.3) is 0 Å². The molecule has 0 amide bonds. The Bertz CT molecular complexity index is 164. The van der Waals surface area contributed by atoms with Crippen molar-refractivity contribution in [3.8, 4) is 0 Å². The second-order valence-corrected chi connectivity index (χ2v) is 2.45. The third kappa shape index (κ3) is 0.611. The monoisotopic (exact) mass is 132 g/mol. The Hall–Kier alpha value is -0.440. The molecule has 0 radical (unpaired) electrons. The van der Waals surface area contributed by atoms with E-state index in [0.29, 0.717) is 6.42 Å². The van der Waals surface area contributed by atoms with E-state index < -0.39 is 12.0 Å². The lowest BCUT2D eigenvalue weighted by Gasteiger charge is -2.16. The Labute approximate surface area is 51.3 Å². The van der Waals surface area contributed by atoms with E-state index >= 15 is 0 Å². The summed E-state index contributed by atoms with van der Waals surface area (Å²) in [5.41, 5.74) is 0. The maximum Gasteiger partial charge on any atom is 0.362 e. The van der Waals surface area contributed by atoms with Crippen LogP contribution in [0, 0.1) is 5.92 Å². The quantitative estimate of drug-likeness (QED) is 0.454. The highest BCUT2D eigenvalue weighted by atomic mass is 19.3. The van der Waals surface area contributed by atoms with Gasteiger partial charge in [-0.05, 0) is 6.42 Å². The zero-order valence-electron chi connectivity index (χ0n) is 4.68. The summed E-state index contributed by atoms with van der Waals surface area (Å²) in [6, 6.07) is 0. The number of halogens is 2. The first kappa shape index (κ1) is 5.35. The molecule has 2 atom stereocenters. The van der Waals surface area contributed by atoms with Crippen LogP contribution in [-0.2, 0) is 4.74 Å². The van der Waals surface area contributed by atoms with Crippen molar-refractivity contribution < 1.29 is 13.5 Å². The molecule has 0 N–H and O–H groups in total. The van der Waals surface area contributed by atoms with Gasteiger partial charge < -0.3 is 4.74 Å². The molecule has 2 rings (SSSR count). The smallest absolute Gasteiger partial charge is 0.312 e. The van der Waals surface area contributed by atoms with Crippen LogP contribution in [0.4, 0.5) is 8.78 Å². The Morgan fingerprint density at radius 3 is 2.44 bits per heavy atom. The SMILES string of the molecule is FC1(F)OC2C=CC1C2. The minimum Gasteiger partial charge on any atom is -0.312 e. The van der Waals surface area contributed by atoms with Gasteiger partial charge in [0, 0.05) is 0 Å². The summed E-state index contributed by atoms with van der Waals surface area (Å²) in [6.45, 7) is 0. The third-order valence-corrected chi connectivity index (χ3v) is 1.78. The molecule has 1 nitrogen and oxygen atoms in total. The minimum atomic E-state index is -2.88. The van der Waals surface area contributed by atoms with E-state index in [1.54, 1.807) is 6.08 Å². The largest absolute Gasteiger partial charge is 0.362 e. The molecule has 1 fully saturated rings. The highest BCUT2D eigenvalue weighted by Crippen LogP contribution is 2.44. The fourth-order valence-corrected chi connectivity index (χ4v) is 1.29. The van der Waals surface area contributed by atoms with Gasteiger partial charge in [0.15, 0.2) is 0 Å². The zero-order valence-corrected chi connectivity index (χ0v) is 4.68. The van der Waals surface area contributed by atoms with Crippen LogP contribution in [0.2, 0.25) is 0 Å². The van der Waals surface area contributed by atoms with E-state index in [1.807, 2.05) is 0 Å². The summed E-state index contributed by atoms with van der Waals surface area (Å²) >= 11 is 0. The zero-order chi connectivity index (χ0) is 6.48. The number of fused-ring (bicyclic) bond motifs is 2. The maximum absolute atomic E-state index is 12.4. The van der Waals surface area contributed by atoms with Crippen molar-refractivity contribution in [1.29, 1.82) is 0 Å². The lowest BCUT2D eigenvalue weighted by atomic mass is 10.1. The molecule has 0 aromatic carbocycles. The molecular weight excluding hydrogens is 126 g/mol. The average Bonchev–Trinajstić information content (AvgIpc) is 2.19. The molecular formula is C6H6F2O. The minimum absolute atomic E-state index is 0.315. The van der Waals surface area contributed by atoms with Crippen molar-refractivity contribution in [1.82, 2.24) is 0 Å². The van der Waals surface area contributed by atoms with E-state index in [1.165, 1.54) is 6.08 Å². The van der Waals surface area contributed by atoms with Gasteiger partial charge in [0.05, 0.1) is 12.0 Å². The molecule has 3 heteroatoms. The second-order valence-electron chi connectivity index (χ2n) is 2.45. The van der Waals surface area contributed by atoms with Crippen molar-refractivity contribution in [2.24, 2.45) is 5.92 Å². The Balaban J connectivity index is 2.29. The van der Waals surface area contributed by atoms with Crippen LogP contribution < -0.4 is 0 Å². The molecule has 9 heavy (non-hydrogen) atoms. The third-order valence-electron chi connectivity index (χ3n) is 1.78. The van der Waals surface area contributed by atoms with Crippen molar-refractivity contribution >= 4 is 0 Å². The molecule has 1 aliphatic heterocycles. The highest BCUT2D eigenvalue weighted by molar-refractivity contribution is 5.10. The van der Waals surface area contributed by atoms with Gasteiger partial charge in [-0.1, -0.05) is 12.2 Å². The Morgan fingerprint density at radius 2 is 2.22 bits per heavy atom. The fraction of sp³-hybridized carbons (Fsp3) is 0.667. The fourth-order valence-electron chi connectivity index (χ4n) is 1.29. The van der Waals surface area contributed by atoms with Crippen LogP contribution >= 0.6 is 0 Å². The summed E-state index contributed by atoms with van der Waals surface area (Å²) in [4.78, 5) is 0. The molecule has 0 saturated carbocycles. The summed E-state index contributed by atoms with van der Waals surface area (Å²) < 4.78 is 29.1. The Morgan fingerprint density at radius 1 is 1.44 bits per heavy atom. The summed E-state index contributed by atoms with van der Waals surface area (Å²) in [5, 5.41) is 0. The van der Waals surface area contributed by atoms with E-state index in [9.17, 15) is 8.78 Å². The summed E-state index contributed by atoms with van der Waals surface area (Å²) in [6.07, 6.45) is 0.507. The van der Waals surface area contributed by atoms with Crippen LogP contribution in [-0.4, -0.2) is 12.2 Å². The lowest BCUT2D eigenvalue weighted by molar-refractivity contribution is -0.237. The molecule has 2 bridgehead atoms. The van der Waals surface area contributed by atoms with Crippen LogP contribution in [0.5, 0.6) is 0 Å². The molecule has 2 unspecified atom stereocenters. The van der Waals surface area contributed by atoms with E-state index in [0.717, 1.165) is 0 Å². The topological polar surface area (TPSA) is 9.23 Å². The average molecular weight is 132 g/mol. The van der Waals surface area contributed by atoms with Gasteiger partial charge in [0.2, 0.25) is 0 Å². The van der Waals surface area contributed by atoms with Crippen LogP contribution in [0.1, 0.15) is 6.42 Å². The second kappa shape index (κ2) is 1.34. The number of hydrogen-bond donors (Lipinski definition) is 0. The highest BCUT2D eigenvalue weighted by Gasteiger charge is 2.51. The van der Waals surface area contributed by atoms with E-state index in [4.69, 9.17) is 0 Å². The molecule has 0 aromatic rings. The number of hydrogen-bond acceptors (Lipinski definition) is 1. The lowest BCUT2D eigenvalue weighted by Crippen LogP contribution is -2.24. The van der Waals surface area contributed by atoms with Gasteiger partial charge >= 0.3 is 6.11 Å². The number of rotatable bonds is 0. The molecule has 0 aromatic heterocycles. The molecule has 0 spiro atoms. The van der Waals surface area contributed by atoms with Gasteiger partial charge in [-0.3, -0.25) is 0 Å². The first-order valence-electron chi connectivity index (χ1n) is 2.92. The maximum atomic E-state index is 12.4. The standard InChI is InChI=1S/C6H6F2O/c7-6(8)4-1-2-5(3-4)9-6/h1-2,4-5H,3H2. The normalized spacial score (nSPS) is 44.2. The first-order chi connectivity index (χ1) is 4.18. The molecule has 1 aliphatic carbocycles. The van der Waals surface area contributed by atoms with Crippen molar-refractivity contribution in [3.05, 3.63) is 12.2 Å². The molecule has 50 valence electrons. The predicted molar refractivity (Wildman–Crippen MR) is 27.1 cm³/mol. The summed E-state index contributed by atoms with van der Waals surface area (Å²) in [7, 11) is 0. The van der Waals surface area contributed by atoms with Gasteiger partial charge in [-0.15, -0.1) is 0 Å². The van der Waals surface area contributed by atoms with Gasteiger partial charge in [-0.2, -0.15) is 8.78 Å². The van der Waals surface area contributed by atoms with E-state index in [-0.39, 0.29) is 6.10 Å². The molecule has 2 aliphatic rings. The molecule has 1 heterocycles. The van der Waals surface area contributed by atoms with E-state index in [2.05, 4.69) is 4.74 Å². The van der Waals surface area contributed by atoms with Crippen LogP contribution in [0.15, 0.2) is 12.2 Å². The number of ether oxygens (including phenoxy) is 1.